The van der Waals surface area contributed by atoms with Gasteiger partial charge in [0.25, 0.3) is 15.9 Å². The van der Waals surface area contributed by atoms with Crippen molar-refractivity contribution in [1.29, 1.82) is 0 Å². The Morgan fingerprint density at radius 1 is 1.14 bits per heavy atom. The number of carbonyl (C=O) groups is 1. The maximum Gasteiger partial charge on any atom is 0.264 e. The van der Waals surface area contributed by atoms with Crippen LogP contribution in [0.4, 0.5) is 5.69 Å². The smallest absolute Gasteiger partial charge is 0.264 e. The molecule has 1 amide bonds. The van der Waals surface area contributed by atoms with E-state index < -0.39 is 16.1 Å². The van der Waals surface area contributed by atoms with E-state index in [4.69, 9.17) is 4.74 Å². The van der Waals surface area contributed by atoms with E-state index in [1.54, 1.807) is 66.4 Å². The Hall–Kier alpha value is -2.19. The molecule has 0 spiro atoms. The molecule has 6 nitrogen and oxygen atoms in total. The number of nitrogens with one attached hydrogen (secondary N) is 1. The number of carbonyl (C=O) groups excluding carboxylic acids is 1. The first kappa shape index (κ1) is 21.5. The standard InChI is InChI=1S/C21H26N2O4S2/c1-21(2,3)28-14-13-22-20(24)19-15-23(17-11-7-8-12-18(17)27-19)29(25,26)16-9-5-4-6-10-16/h4-12,19H,13-15H2,1-3H3,(H,22,24)/t19-/m1/s1. The summed E-state index contributed by atoms with van der Waals surface area (Å²) in [5.41, 5.74) is 0.434. The summed E-state index contributed by atoms with van der Waals surface area (Å²) in [5, 5.41) is 2.86. The number of hydrogen-bond acceptors (Lipinski definition) is 5. The molecule has 0 saturated heterocycles. The zero-order valence-corrected chi connectivity index (χ0v) is 18.4. The molecule has 156 valence electrons. The van der Waals surface area contributed by atoms with E-state index in [9.17, 15) is 13.2 Å². The van der Waals surface area contributed by atoms with Crippen LogP contribution < -0.4 is 14.4 Å². The van der Waals surface area contributed by atoms with Gasteiger partial charge in [0.05, 0.1) is 17.1 Å². The fraction of sp³-hybridized carbons (Fsp3) is 0.381. The summed E-state index contributed by atoms with van der Waals surface area (Å²) < 4.78 is 33.7. The fourth-order valence-electron chi connectivity index (χ4n) is 2.93. The SMILES string of the molecule is CC(C)(C)SCCNC(=O)[C@H]1CN(S(=O)(=O)c2ccccc2)c2ccccc2O1. The monoisotopic (exact) mass is 434 g/mol. The molecule has 1 N–H and O–H groups in total. The van der Waals surface area contributed by atoms with Gasteiger partial charge in [0.2, 0.25) is 0 Å². The molecule has 0 aliphatic carbocycles. The molecule has 8 heteroatoms. The Kier molecular flexibility index (Phi) is 6.43. The minimum absolute atomic E-state index is 0.0769. The second-order valence-corrected chi connectivity index (χ2v) is 11.5. The van der Waals surface area contributed by atoms with E-state index in [1.807, 2.05) is 0 Å². The van der Waals surface area contributed by atoms with Crippen LogP contribution in [0.5, 0.6) is 5.75 Å². The van der Waals surface area contributed by atoms with E-state index in [0.29, 0.717) is 18.0 Å². The molecule has 0 saturated carbocycles. The van der Waals surface area contributed by atoms with E-state index in [2.05, 4.69) is 26.1 Å². The van der Waals surface area contributed by atoms with Crippen LogP contribution >= 0.6 is 11.8 Å². The lowest BCUT2D eigenvalue weighted by molar-refractivity contribution is -0.127. The van der Waals surface area contributed by atoms with Crippen molar-refractivity contribution in [1.82, 2.24) is 5.32 Å². The van der Waals surface area contributed by atoms with Crippen molar-refractivity contribution in [2.75, 3.05) is 23.1 Å². The lowest BCUT2D eigenvalue weighted by atomic mass is 10.2. The first-order valence-corrected chi connectivity index (χ1v) is 11.9. The highest BCUT2D eigenvalue weighted by molar-refractivity contribution is 8.00. The van der Waals surface area contributed by atoms with Crippen LogP contribution in [0.2, 0.25) is 0 Å². The van der Waals surface area contributed by atoms with Crippen molar-refractivity contribution in [2.45, 2.75) is 36.5 Å². The molecule has 1 heterocycles. The van der Waals surface area contributed by atoms with Crippen LogP contribution in [0.15, 0.2) is 59.5 Å². The highest BCUT2D eigenvalue weighted by Crippen LogP contribution is 2.36. The highest BCUT2D eigenvalue weighted by Gasteiger charge is 2.37. The Morgan fingerprint density at radius 3 is 2.48 bits per heavy atom. The van der Waals surface area contributed by atoms with Crippen molar-refractivity contribution in [2.24, 2.45) is 0 Å². The summed E-state index contributed by atoms with van der Waals surface area (Å²) in [6.45, 7) is 6.77. The van der Waals surface area contributed by atoms with Gasteiger partial charge in [-0.25, -0.2) is 8.42 Å². The van der Waals surface area contributed by atoms with Crippen LogP contribution in [-0.4, -0.2) is 44.0 Å². The van der Waals surface area contributed by atoms with Crippen LogP contribution in [0.25, 0.3) is 0 Å². The molecular formula is C21H26N2O4S2. The first-order chi connectivity index (χ1) is 13.7. The van der Waals surface area contributed by atoms with Gasteiger partial charge in [-0.3, -0.25) is 9.10 Å². The molecular weight excluding hydrogens is 408 g/mol. The summed E-state index contributed by atoms with van der Waals surface area (Å²) in [7, 11) is -3.82. The Balaban J connectivity index is 1.79. The number of thioether (sulfide) groups is 1. The molecule has 3 rings (SSSR count). The van der Waals surface area contributed by atoms with Gasteiger partial charge in [-0.1, -0.05) is 51.1 Å². The van der Waals surface area contributed by atoms with Gasteiger partial charge in [0.15, 0.2) is 6.10 Å². The van der Waals surface area contributed by atoms with Crippen LogP contribution in [0.3, 0.4) is 0 Å². The first-order valence-electron chi connectivity index (χ1n) is 9.44. The number of rotatable bonds is 6. The number of nitrogens with zero attached hydrogens (tertiary/aromatic N) is 1. The normalized spacial score (nSPS) is 16.7. The number of para-hydroxylation sites is 2. The molecule has 29 heavy (non-hydrogen) atoms. The van der Waals surface area contributed by atoms with E-state index in [0.717, 1.165) is 5.75 Å². The molecule has 0 unspecified atom stereocenters. The number of fused-ring (bicyclic) bond motifs is 1. The maximum absolute atomic E-state index is 13.2. The zero-order valence-electron chi connectivity index (χ0n) is 16.8. The van der Waals surface area contributed by atoms with Gasteiger partial charge in [0, 0.05) is 17.0 Å². The molecule has 1 atom stereocenters. The molecule has 1 aliphatic rings. The van der Waals surface area contributed by atoms with Gasteiger partial charge >= 0.3 is 0 Å². The van der Waals surface area contributed by atoms with Gasteiger partial charge in [-0.15, -0.1) is 0 Å². The summed E-state index contributed by atoms with van der Waals surface area (Å²) in [6, 6.07) is 15.1. The molecule has 1 aliphatic heterocycles. The van der Waals surface area contributed by atoms with Crippen LogP contribution in [0.1, 0.15) is 20.8 Å². The third-order valence-electron chi connectivity index (χ3n) is 4.29. The lowest BCUT2D eigenvalue weighted by Gasteiger charge is -2.34. The maximum atomic E-state index is 13.2. The van der Waals surface area contributed by atoms with E-state index in [1.165, 1.54) is 4.31 Å². The summed E-state index contributed by atoms with van der Waals surface area (Å²) in [5.74, 6) is 0.828. The minimum Gasteiger partial charge on any atom is -0.476 e. The van der Waals surface area contributed by atoms with Crippen molar-refractivity contribution in [3.05, 3.63) is 54.6 Å². The second kappa shape index (κ2) is 8.67. The molecule has 0 bridgehead atoms. The topological polar surface area (TPSA) is 75.7 Å². The number of amides is 1. The quantitative estimate of drug-likeness (QED) is 0.706. The molecule has 2 aromatic rings. The Labute approximate surface area is 176 Å². The van der Waals surface area contributed by atoms with Crippen molar-refractivity contribution < 1.29 is 17.9 Å². The van der Waals surface area contributed by atoms with Gasteiger partial charge in [-0.2, -0.15) is 11.8 Å². The third kappa shape index (κ3) is 5.25. The van der Waals surface area contributed by atoms with Crippen molar-refractivity contribution >= 4 is 33.4 Å². The highest BCUT2D eigenvalue weighted by atomic mass is 32.2. The number of anilines is 1. The minimum atomic E-state index is -3.82. The predicted molar refractivity (Wildman–Crippen MR) is 117 cm³/mol. The van der Waals surface area contributed by atoms with Crippen molar-refractivity contribution in [3.63, 3.8) is 0 Å². The molecule has 2 aromatic carbocycles. The van der Waals surface area contributed by atoms with Crippen LogP contribution in [-0.2, 0) is 14.8 Å². The number of benzene rings is 2. The van der Waals surface area contributed by atoms with E-state index >= 15 is 0 Å². The lowest BCUT2D eigenvalue weighted by Crippen LogP contribution is -2.51. The number of sulfonamides is 1. The molecule has 0 fully saturated rings. The molecule has 0 aromatic heterocycles. The van der Waals surface area contributed by atoms with Crippen molar-refractivity contribution in [3.8, 4) is 5.75 Å². The summed E-state index contributed by atoms with van der Waals surface area (Å²) in [4.78, 5) is 12.9. The van der Waals surface area contributed by atoms with Gasteiger partial charge in [0.1, 0.15) is 5.75 Å². The third-order valence-corrected chi connectivity index (χ3v) is 7.36. The Bertz CT molecular complexity index is 956. The second-order valence-electron chi connectivity index (χ2n) is 7.68. The summed E-state index contributed by atoms with van der Waals surface area (Å²) >= 11 is 1.75. The van der Waals surface area contributed by atoms with Gasteiger partial charge < -0.3 is 10.1 Å². The summed E-state index contributed by atoms with van der Waals surface area (Å²) in [6.07, 6.45) is -0.914. The van der Waals surface area contributed by atoms with Crippen LogP contribution in [0, 0.1) is 0 Å². The predicted octanol–water partition coefficient (Wildman–Crippen LogP) is 3.29. The Morgan fingerprint density at radius 2 is 1.79 bits per heavy atom. The van der Waals surface area contributed by atoms with Gasteiger partial charge in [-0.05, 0) is 24.3 Å². The average molecular weight is 435 g/mol. The largest absolute Gasteiger partial charge is 0.476 e. The number of hydrogen-bond donors (Lipinski definition) is 1. The zero-order chi connectivity index (χ0) is 21.1. The fourth-order valence-corrected chi connectivity index (χ4v) is 5.24. The average Bonchev–Trinajstić information content (AvgIpc) is 2.70. The number of ether oxygens (including phenoxy) is 1. The molecule has 0 radical (unpaired) electrons. The van der Waals surface area contributed by atoms with E-state index in [-0.39, 0.29) is 22.1 Å².